The third-order valence-electron chi connectivity index (χ3n) is 1.21. The molecule has 0 spiro atoms. The summed E-state index contributed by atoms with van der Waals surface area (Å²) >= 11 is 0. The molecule has 0 aliphatic heterocycles. The standard InChI is InChI=1S/C7H9NO.C2H6/c8-5-6-3-1-2-4-7(6)9;1-2/h1-4,9H,5,8H2;1-2H3. The van der Waals surface area contributed by atoms with E-state index in [4.69, 9.17) is 10.8 Å². The van der Waals surface area contributed by atoms with Crippen LogP contribution in [0.2, 0.25) is 0 Å². The lowest BCUT2D eigenvalue weighted by molar-refractivity contribution is 0.468. The van der Waals surface area contributed by atoms with Crippen LogP contribution in [0.25, 0.3) is 0 Å². The molecule has 0 fully saturated rings. The predicted octanol–water partition coefficient (Wildman–Crippen LogP) is 1.88. The largest absolute Gasteiger partial charge is 0.508 e. The van der Waals surface area contributed by atoms with Gasteiger partial charge >= 0.3 is 0 Å². The van der Waals surface area contributed by atoms with Gasteiger partial charge in [-0.15, -0.1) is 0 Å². The summed E-state index contributed by atoms with van der Waals surface area (Å²) in [5.41, 5.74) is 6.08. The van der Waals surface area contributed by atoms with Crippen LogP contribution in [-0.4, -0.2) is 5.11 Å². The van der Waals surface area contributed by atoms with Crippen LogP contribution in [0.4, 0.5) is 0 Å². The van der Waals surface area contributed by atoms with Crippen molar-refractivity contribution in [1.82, 2.24) is 0 Å². The fourth-order valence-corrected chi connectivity index (χ4v) is 0.683. The molecule has 0 aliphatic rings. The van der Waals surface area contributed by atoms with Crippen LogP contribution in [0, 0.1) is 0 Å². The van der Waals surface area contributed by atoms with Gasteiger partial charge in [0.1, 0.15) is 5.75 Å². The maximum absolute atomic E-state index is 9.03. The lowest BCUT2D eigenvalue weighted by atomic mass is 10.2. The van der Waals surface area contributed by atoms with Crippen molar-refractivity contribution in [2.45, 2.75) is 20.4 Å². The summed E-state index contributed by atoms with van der Waals surface area (Å²) in [6, 6.07) is 7.05. The highest BCUT2D eigenvalue weighted by molar-refractivity contribution is 5.31. The molecule has 0 bridgehead atoms. The Morgan fingerprint density at radius 1 is 1.27 bits per heavy atom. The van der Waals surface area contributed by atoms with Crippen molar-refractivity contribution in [1.29, 1.82) is 0 Å². The first-order chi connectivity index (χ1) is 5.34. The average molecular weight is 153 g/mol. The van der Waals surface area contributed by atoms with Crippen LogP contribution in [0.1, 0.15) is 19.4 Å². The Hall–Kier alpha value is -1.02. The van der Waals surface area contributed by atoms with E-state index in [1.165, 1.54) is 0 Å². The summed E-state index contributed by atoms with van der Waals surface area (Å²) in [5.74, 6) is 0.278. The van der Waals surface area contributed by atoms with Crippen molar-refractivity contribution in [3.8, 4) is 5.75 Å². The van der Waals surface area contributed by atoms with Gasteiger partial charge in [-0.05, 0) is 6.07 Å². The number of phenolic OH excluding ortho intramolecular Hbond substituents is 1. The lowest BCUT2D eigenvalue weighted by Gasteiger charge is -1.97. The van der Waals surface area contributed by atoms with Crippen LogP contribution in [0.5, 0.6) is 5.75 Å². The van der Waals surface area contributed by atoms with E-state index < -0.39 is 0 Å². The van der Waals surface area contributed by atoms with E-state index in [-0.39, 0.29) is 5.75 Å². The predicted molar refractivity (Wildman–Crippen MR) is 47.3 cm³/mol. The molecule has 1 aromatic rings. The van der Waals surface area contributed by atoms with Gasteiger partial charge in [-0.2, -0.15) is 0 Å². The fraction of sp³-hybridized carbons (Fsp3) is 0.333. The minimum absolute atomic E-state index is 0.278. The Bertz CT molecular complexity index is 199. The van der Waals surface area contributed by atoms with E-state index in [1.807, 2.05) is 19.9 Å². The van der Waals surface area contributed by atoms with Crippen LogP contribution >= 0.6 is 0 Å². The van der Waals surface area contributed by atoms with Gasteiger partial charge in [0.15, 0.2) is 0 Å². The Morgan fingerprint density at radius 2 is 1.82 bits per heavy atom. The third kappa shape index (κ3) is 3.05. The molecule has 0 atom stereocenters. The molecule has 62 valence electrons. The summed E-state index contributed by atoms with van der Waals surface area (Å²) in [6.07, 6.45) is 0. The summed E-state index contributed by atoms with van der Waals surface area (Å²) in [4.78, 5) is 0. The topological polar surface area (TPSA) is 46.2 Å². The monoisotopic (exact) mass is 153 g/mol. The zero-order valence-corrected chi connectivity index (χ0v) is 7.04. The summed E-state index contributed by atoms with van der Waals surface area (Å²) in [7, 11) is 0. The number of phenols is 1. The van der Waals surface area contributed by atoms with Gasteiger partial charge in [-0.25, -0.2) is 0 Å². The minimum Gasteiger partial charge on any atom is -0.508 e. The molecule has 0 aliphatic carbocycles. The average Bonchev–Trinajstić information content (AvgIpc) is 2.09. The first kappa shape index (κ1) is 9.98. The molecular weight excluding hydrogens is 138 g/mol. The van der Waals surface area contributed by atoms with E-state index in [1.54, 1.807) is 18.2 Å². The number of aromatic hydroxyl groups is 1. The molecule has 0 radical (unpaired) electrons. The normalized spacial score (nSPS) is 8.27. The molecule has 0 saturated carbocycles. The highest BCUT2D eigenvalue weighted by Crippen LogP contribution is 2.13. The Morgan fingerprint density at radius 3 is 2.18 bits per heavy atom. The second-order valence-electron chi connectivity index (χ2n) is 1.83. The molecule has 3 N–H and O–H groups in total. The number of hydrogen-bond acceptors (Lipinski definition) is 2. The van der Waals surface area contributed by atoms with Crippen molar-refractivity contribution in [2.24, 2.45) is 5.73 Å². The van der Waals surface area contributed by atoms with Crippen molar-refractivity contribution < 1.29 is 5.11 Å². The van der Waals surface area contributed by atoms with Crippen molar-refractivity contribution >= 4 is 0 Å². The minimum atomic E-state index is 0.278. The Kier molecular flexibility index (Phi) is 5.21. The van der Waals surface area contributed by atoms with Gasteiger partial charge in [0.05, 0.1) is 0 Å². The first-order valence-electron chi connectivity index (χ1n) is 3.81. The van der Waals surface area contributed by atoms with Crippen LogP contribution in [0.15, 0.2) is 24.3 Å². The smallest absolute Gasteiger partial charge is 0.120 e. The number of para-hydroxylation sites is 1. The summed E-state index contributed by atoms with van der Waals surface area (Å²) in [5, 5.41) is 9.03. The molecule has 0 saturated heterocycles. The molecule has 1 rings (SSSR count). The molecule has 2 heteroatoms. The zero-order chi connectivity index (χ0) is 8.69. The third-order valence-corrected chi connectivity index (χ3v) is 1.21. The van der Waals surface area contributed by atoms with Crippen molar-refractivity contribution in [2.75, 3.05) is 0 Å². The van der Waals surface area contributed by atoms with Gasteiger partial charge in [0.2, 0.25) is 0 Å². The summed E-state index contributed by atoms with van der Waals surface area (Å²) in [6.45, 7) is 4.40. The maximum atomic E-state index is 9.03. The van der Waals surface area contributed by atoms with Gasteiger partial charge in [-0.3, -0.25) is 0 Å². The molecule has 0 unspecified atom stereocenters. The van der Waals surface area contributed by atoms with E-state index >= 15 is 0 Å². The van der Waals surface area contributed by atoms with Crippen molar-refractivity contribution in [3.63, 3.8) is 0 Å². The zero-order valence-electron chi connectivity index (χ0n) is 7.04. The van der Waals surface area contributed by atoms with Gasteiger partial charge in [0, 0.05) is 12.1 Å². The maximum Gasteiger partial charge on any atom is 0.120 e. The van der Waals surface area contributed by atoms with Gasteiger partial charge in [0.25, 0.3) is 0 Å². The summed E-state index contributed by atoms with van der Waals surface area (Å²) < 4.78 is 0. The molecular formula is C9H15NO. The number of rotatable bonds is 1. The fourth-order valence-electron chi connectivity index (χ4n) is 0.683. The van der Waals surface area contributed by atoms with Gasteiger partial charge < -0.3 is 10.8 Å². The van der Waals surface area contributed by atoms with Crippen molar-refractivity contribution in [3.05, 3.63) is 29.8 Å². The first-order valence-corrected chi connectivity index (χ1v) is 3.81. The number of hydrogen-bond donors (Lipinski definition) is 2. The number of nitrogens with two attached hydrogens (primary N) is 1. The van der Waals surface area contributed by atoms with Crippen LogP contribution in [0.3, 0.4) is 0 Å². The Balaban J connectivity index is 0.000000461. The van der Waals surface area contributed by atoms with E-state index in [0.29, 0.717) is 6.54 Å². The van der Waals surface area contributed by atoms with E-state index in [0.717, 1.165) is 5.56 Å². The highest BCUT2D eigenvalue weighted by Gasteiger charge is 1.92. The van der Waals surface area contributed by atoms with Crippen LogP contribution in [-0.2, 0) is 6.54 Å². The van der Waals surface area contributed by atoms with Crippen LogP contribution < -0.4 is 5.73 Å². The SMILES string of the molecule is CC.NCc1ccccc1O. The lowest BCUT2D eigenvalue weighted by Crippen LogP contribution is -1.95. The molecule has 2 nitrogen and oxygen atoms in total. The number of benzene rings is 1. The molecule has 0 amide bonds. The molecule has 1 aromatic carbocycles. The Labute approximate surface area is 67.7 Å². The highest BCUT2D eigenvalue weighted by atomic mass is 16.3. The van der Waals surface area contributed by atoms with E-state index in [9.17, 15) is 0 Å². The van der Waals surface area contributed by atoms with E-state index in [2.05, 4.69) is 0 Å². The quantitative estimate of drug-likeness (QED) is 0.647. The second kappa shape index (κ2) is 5.74. The molecule has 11 heavy (non-hydrogen) atoms. The van der Waals surface area contributed by atoms with Gasteiger partial charge in [-0.1, -0.05) is 32.0 Å². The molecule has 0 heterocycles. The second-order valence-corrected chi connectivity index (χ2v) is 1.83. The molecule has 0 aromatic heterocycles.